The van der Waals surface area contributed by atoms with E-state index in [0.29, 0.717) is 6.61 Å². The first kappa shape index (κ1) is 20.1. The second kappa shape index (κ2) is 9.55. The number of hydrogen-bond acceptors (Lipinski definition) is 6. The van der Waals surface area contributed by atoms with Crippen LogP contribution >= 0.6 is 0 Å². The molecule has 2 aromatic rings. The Morgan fingerprint density at radius 3 is 2.48 bits per heavy atom. The molecule has 0 amide bonds. The van der Waals surface area contributed by atoms with Crippen molar-refractivity contribution in [2.75, 3.05) is 50.8 Å². The summed E-state index contributed by atoms with van der Waals surface area (Å²) in [6, 6.07) is 8.45. The van der Waals surface area contributed by atoms with Gasteiger partial charge in [0.1, 0.15) is 5.75 Å². The fraction of sp³-hybridized carbons (Fsp3) is 0.565. The molecule has 1 saturated heterocycles. The van der Waals surface area contributed by atoms with E-state index in [1.165, 1.54) is 29.8 Å². The van der Waals surface area contributed by atoms with E-state index >= 15 is 0 Å². The lowest BCUT2D eigenvalue weighted by Crippen LogP contribution is -2.47. The number of anilines is 1. The zero-order chi connectivity index (χ0) is 20.1. The summed E-state index contributed by atoms with van der Waals surface area (Å²) in [5.74, 6) is 1.86. The van der Waals surface area contributed by atoms with E-state index in [1.54, 1.807) is 0 Å². The fourth-order valence-electron chi connectivity index (χ4n) is 4.26. The van der Waals surface area contributed by atoms with Crippen LogP contribution in [0, 0.1) is 0 Å². The third-order valence-corrected chi connectivity index (χ3v) is 5.84. The second-order valence-electron chi connectivity index (χ2n) is 8.01. The van der Waals surface area contributed by atoms with Crippen LogP contribution in [0.25, 0.3) is 0 Å². The zero-order valence-electron chi connectivity index (χ0n) is 17.8. The van der Waals surface area contributed by atoms with Crippen LogP contribution in [0.1, 0.15) is 37.1 Å². The van der Waals surface area contributed by atoms with Crippen LogP contribution in [0.15, 0.2) is 30.5 Å². The maximum atomic E-state index is 5.54. The monoisotopic (exact) mass is 395 g/mol. The summed E-state index contributed by atoms with van der Waals surface area (Å²) in [7, 11) is 0. The molecule has 1 aromatic heterocycles. The molecule has 0 N–H and O–H groups in total. The third-order valence-electron chi connectivity index (χ3n) is 5.84. The maximum absolute atomic E-state index is 5.54. The van der Waals surface area contributed by atoms with Crippen molar-refractivity contribution in [2.45, 2.75) is 39.8 Å². The number of hydrogen-bond donors (Lipinski definition) is 0. The van der Waals surface area contributed by atoms with Crippen LogP contribution in [-0.2, 0) is 19.5 Å². The van der Waals surface area contributed by atoms with Gasteiger partial charge in [-0.1, -0.05) is 19.1 Å². The molecule has 2 aliphatic heterocycles. The van der Waals surface area contributed by atoms with Gasteiger partial charge in [0.25, 0.3) is 0 Å². The molecule has 6 heteroatoms. The van der Waals surface area contributed by atoms with Crippen molar-refractivity contribution in [3.63, 3.8) is 0 Å². The molecule has 1 aromatic carbocycles. The van der Waals surface area contributed by atoms with Crippen LogP contribution in [0.5, 0.6) is 5.75 Å². The summed E-state index contributed by atoms with van der Waals surface area (Å²) in [4.78, 5) is 17.0. The Morgan fingerprint density at radius 1 is 0.966 bits per heavy atom. The summed E-state index contributed by atoms with van der Waals surface area (Å²) in [6.45, 7) is 13.4. The van der Waals surface area contributed by atoms with E-state index in [0.717, 1.165) is 63.9 Å². The van der Waals surface area contributed by atoms with Crippen LogP contribution in [0.3, 0.4) is 0 Å². The smallest absolute Gasteiger partial charge is 0.225 e. The Balaban J connectivity index is 1.34. The molecule has 3 heterocycles. The highest BCUT2D eigenvalue weighted by atomic mass is 16.5. The highest BCUT2D eigenvalue weighted by Crippen LogP contribution is 2.22. The van der Waals surface area contributed by atoms with Crippen molar-refractivity contribution in [3.8, 4) is 5.75 Å². The Hall–Kier alpha value is -2.18. The molecule has 2 aliphatic rings. The van der Waals surface area contributed by atoms with E-state index < -0.39 is 0 Å². The van der Waals surface area contributed by atoms with Gasteiger partial charge in [0.05, 0.1) is 12.3 Å². The molecule has 29 heavy (non-hydrogen) atoms. The van der Waals surface area contributed by atoms with Crippen molar-refractivity contribution >= 4 is 5.95 Å². The lowest BCUT2D eigenvalue weighted by molar-refractivity contribution is 0.242. The van der Waals surface area contributed by atoms with Crippen molar-refractivity contribution in [3.05, 3.63) is 47.3 Å². The van der Waals surface area contributed by atoms with Crippen LogP contribution < -0.4 is 9.64 Å². The first-order chi connectivity index (χ1) is 14.2. The average molecular weight is 396 g/mol. The molecular formula is C23H33N5O. The Bertz CT molecular complexity index is 786. The van der Waals surface area contributed by atoms with Gasteiger partial charge in [-0.05, 0) is 37.6 Å². The minimum absolute atomic E-state index is 0.707. The highest BCUT2D eigenvalue weighted by molar-refractivity contribution is 5.35. The van der Waals surface area contributed by atoms with Gasteiger partial charge in [0.15, 0.2) is 0 Å². The lowest BCUT2D eigenvalue weighted by atomic mass is 10.1. The number of nitrogens with zero attached hydrogens (tertiary/aromatic N) is 5. The summed E-state index contributed by atoms with van der Waals surface area (Å²) in [6.07, 6.45) is 4.28. The molecular weight excluding hydrogens is 362 g/mol. The van der Waals surface area contributed by atoms with Gasteiger partial charge in [-0.15, -0.1) is 0 Å². The average Bonchev–Trinajstić information content (AvgIpc) is 2.76. The van der Waals surface area contributed by atoms with Gasteiger partial charge < -0.3 is 9.64 Å². The SMILES string of the molecule is CCCN1CCN(c2ncc3c(n2)CCN(Cc2ccc(OCC)cc2)C3)CC1. The van der Waals surface area contributed by atoms with E-state index in [2.05, 4.69) is 52.1 Å². The van der Waals surface area contributed by atoms with E-state index in [1.807, 2.05) is 6.92 Å². The second-order valence-corrected chi connectivity index (χ2v) is 8.01. The summed E-state index contributed by atoms with van der Waals surface area (Å²) in [5, 5.41) is 0. The summed E-state index contributed by atoms with van der Waals surface area (Å²) in [5.41, 5.74) is 3.82. The quantitative estimate of drug-likeness (QED) is 0.718. The third kappa shape index (κ3) is 5.06. The first-order valence-corrected chi connectivity index (χ1v) is 11.0. The standard InChI is InChI=1S/C23H33N5O/c1-3-10-26-12-14-28(15-13-26)23-24-16-20-18-27(11-9-22(20)25-23)17-19-5-7-21(8-6-19)29-4-2/h5-8,16H,3-4,9-15,17-18H2,1-2H3. The first-order valence-electron chi connectivity index (χ1n) is 11.0. The Morgan fingerprint density at radius 2 is 1.76 bits per heavy atom. The zero-order valence-corrected chi connectivity index (χ0v) is 17.8. The topological polar surface area (TPSA) is 44.7 Å². The normalized spacial score (nSPS) is 17.9. The van der Waals surface area contributed by atoms with Gasteiger partial charge in [-0.2, -0.15) is 0 Å². The predicted molar refractivity (Wildman–Crippen MR) is 116 cm³/mol. The van der Waals surface area contributed by atoms with Crippen LogP contribution in [0.2, 0.25) is 0 Å². The maximum Gasteiger partial charge on any atom is 0.225 e. The Labute approximate surface area is 174 Å². The number of piperazine rings is 1. The predicted octanol–water partition coefficient (Wildman–Crippen LogP) is 2.97. The minimum Gasteiger partial charge on any atom is -0.494 e. The van der Waals surface area contributed by atoms with E-state index in [-0.39, 0.29) is 0 Å². The largest absolute Gasteiger partial charge is 0.494 e. The molecule has 0 radical (unpaired) electrons. The fourth-order valence-corrected chi connectivity index (χ4v) is 4.26. The summed E-state index contributed by atoms with van der Waals surface area (Å²) < 4.78 is 5.54. The number of aromatic nitrogens is 2. The van der Waals surface area contributed by atoms with Crippen molar-refractivity contribution in [2.24, 2.45) is 0 Å². The molecule has 0 bridgehead atoms. The molecule has 0 saturated carbocycles. The van der Waals surface area contributed by atoms with Crippen molar-refractivity contribution in [1.29, 1.82) is 0 Å². The van der Waals surface area contributed by atoms with Gasteiger partial charge in [-0.3, -0.25) is 9.80 Å². The minimum atomic E-state index is 0.707. The van der Waals surface area contributed by atoms with Crippen molar-refractivity contribution < 1.29 is 4.74 Å². The van der Waals surface area contributed by atoms with Crippen molar-refractivity contribution in [1.82, 2.24) is 19.8 Å². The number of rotatable bonds is 7. The molecule has 6 nitrogen and oxygen atoms in total. The molecule has 1 fully saturated rings. The van der Waals surface area contributed by atoms with Gasteiger partial charge in [-0.25, -0.2) is 9.97 Å². The molecule has 156 valence electrons. The number of fused-ring (bicyclic) bond motifs is 1. The summed E-state index contributed by atoms with van der Waals surface area (Å²) >= 11 is 0. The van der Waals surface area contributed by atoms with Crippen LogP contribution in [-0.4, -0.2) is 65.6 Å². The van der Waals surface area contributed by atoms with Crippen LogP contribution in [0.4, 0.5) is 5.95 Å². The van der Waals surface area contributed by atoms with E-state index in [9.17, 15) is 0 Å². The molecule has 0 aliphatic carbocycles. The molecule has 0 spiro atoms. The molecule has 4 rings (SSSR count). The number of ether oxygens (including phenoxy) is 1. The highest BCUT2D eigenvalue weighted by Gasteiger charge is 2.22. The Kier molecular flexibility index (Phi) is 6.62. The lowest BCUT2D eigenvalue weighted by Gasteiger charge is -2.35. The van der Waals surface area contributed by atoms with E-state index in [4.69, 9.17) is 14.7 Å². The van der Waals surface area contributed by atoms with Gasteiger partial charge in [0.2, 0.25) is 5.95 Å². The van der Waals surface area contributed by atoms with Gasteiger partial charge in [0, 0.05) is 64.0 Å². The molecule has 0 atom stereocenters. The molecule has 0 unspecified atom stereocenters. The number of benzene rings is 1. The van der Waals surface area contributed by atoms with Gasteiger partial charge >= 0.3 is 0 Å².